The molecule has 0 fully saturated rings. The predicted octanol–water partition coefficient (Wildman–Crippen LogP) is 11.3. The van der Waals surface area contributed by atoms with Crippen LogP contribution < -0.4 is 15.8 Å². The van der Waals surface area contributed by atoms with Crippen LogP contribution in [0.15, 0.2) is 48.7 Å². The molecule has 0 spiro atoms. The van der Waals surface area contributed by atoms with E-state index in [1.165, 1.54) is 21.3 Å². The number of carbonyl (C=O) groups excluding carboxylic acids is 4. The molecule has 0 aliphatic carbocycles. The van der Waals surface area contributed by atoms with Crippen molar-refractivity contribution in [1.82, 2.24) is 35.1 Å². The van der Waals surface area contributed by atoms with Crippen molar-refractivity contribution < 1.29 is 43.2 Å². The summed E-state index contributed by atoms with van der Waals surface area (Å²) in [4.78, 5) is 65.0. The molecule has 0 saturated carbocycles. The molecule has 3 aromatic carbocycles. The Balaban J connectivity index is -0.000000775. The summed E-state index contributed by atoms with van der Waals surface area (Å²) in [5.41, 5.74) is 11.5. The number of alkyl carbamates (subject to hydrolysis) is 1. The lowest BCUT2D eigenvalue weighted by Crippen LogP contribution is -2.37. The predicted molar refractivity (Wildman–Crippen MR) is 300 cm³/mol. The lowest BCUT2D eigenvalue weighted by atomic mass is 9.92. The molecule has 6 N–H and O–H groups in total. The van der Waals surface area contributed by atoms with Crippen molar-refractivity contribution in [3.05, 3.63) is 65.9 Å². The highest BCUT2D eigenvalue weighted by atomic mass is 16.5. The second-order valence-electron chi connectivity index (χ2n) is 14.4. The highest BCUT2D eigenvalue weighted by Gasteiger charge is 2.23. The molecule has 0 unspecified atom stereocenters. The lowest BCUT2D eigenvalue weighted by Gasteiger charge is -2.27. The molecule has 6 rings (SSSR count). The number of carbonyl (C=O) groups is 4. The number of hydrogen-bond acceptors (Lipinski definition) is 11. The molecule has 5 aromatic rings. The number of methoxy groups -OCH3 is 3. The zero-order valence-corrected chi connectivity index (χ0v) is 47.2. The molecule has 3 heterocycles. The van der Waals surface area contributed by atoms with Crippen molar-refractivity contribution >= 4 is 45.8 Å². The SMILES string of the molecule is C#C.C#C.CC.CC.CC.CCCC(=O)N(CCC)Cc1ncc(-c2ccc3c(c2)COc2cc4c(ccc5[nH]c(CN(C(=O)CCC)[C@@H](C)CC)nc54)cc2-3)[nH]1.CNC(=O)OC.CO.COC.COC(N)=O. The second kappa shape index (κ2) is 44.8. The summed E-state index contributed by atoms with van der Waals surface area (Å²) in [5.74, 6) is 2.76. The summed E-state index contributed by atoms with van der Waals surface area (Å²) in [6.07, 6.45) is 21.3. The number of aromatic nitrogens is 4. The number of aliphatic hydroxyl groups excluding tert-OH is 1. The second-order valence-corrected chi connectivity index (χ2v) is 14.4. The van der Waals surface area contributed by atoms with E-state index in [1.54, 1.807) is 14.2 Å². The molecule has 0 bridgehead atoms. The molecule has 2 aromatic heterocycles. The van der Waals surface area contributed by atoms with Gasteiger partial charge >= 0.3 is 12.2 Å². The van der Waals surface area contributed by atoms with Gasteiger partial charge in [0.25, 0.3) is 0 Å². The zero-order chi connectivity index (χ0) is 57.1. The number of benzene rings is 3. The highest BCUT2D eigenvalue weighted by Crippen LogP contribution is 2.42. The van der Waals surface area contributed by atoms with E-state index < -0.39 is 12.2 Å². The van der Waals surface area contributed by atoms with Gasteiger partial charge in [0.1, 0.15) is 24.0 Å². The van der Waals surface area contributed by atoms with Crippen LogP contribution in [0.1, 0.15) is 132 Å². The third kappa shape index (κ3) is 24.7. The Bertz CT molecular complexity index is 2290. The van der Waals surface area contributed by atoms with Gasteiger partial charge in [-0.2, -0.15) is 0 Å². The molecule has 73 heavy (non-hydrogen) atoms. The summed E-state index contributed by atoms with van der Waals surface area (Å²) >= 11 is 0. The fourth-order valence-corrected chi connectivity index (χ4v) is 6.62. The minimum atomic E-state index is -0.745. The van der Waals surface area contributed by atoms with Gasteiger partial charge in [-0.3, -0.25) is 9.59 Å². The van der Waals surface area contributed by atoms with Gasteiger partial charge in [0.15, 0.2) is 0 Å². The number of rotatable bonds is 13. The van der Waals surface area contributed by atoms with Crippen LogP contribution in [0.3, 0.4) is 0 Å². The number of primary amides is 1. The average molecular weight is 1020 g/mol. The summed E-state index contributed by atoms with van der Waals surface area (Å²) in [6.45, 7) is 24.5. The van der Waals surface area contributed by atoms with Gasteiger partial charge in [-0.25, -0.2) is 19.6 Å². The Hall–Kier alpha value is -7.08. The largest absolute Gasteiger partial charge is 0.488 e. The number of fused-ring (bicyclic) bond motifs is 6. The number of ether oxygens (including phenoxy) is 4. The van der Waals surface area contributed by atoms with Crippen molar-refractivity contribution in [2.24, 2.45) is 5.73 Å². The monoisotopic (exact) mass is 1020 g/mol. The quantitative estimate of drug-likeness (QED) is 0.0697. The molecule has 1 atom stereocenters. The van der Waals surface area contributed by atoms with Crippen LogP contribution in [-0.2, 0) is 43.5 Å². The summed E-state index contributed by atoms with van der Waals surface area (Å²) < 4.78 is 18.6. The fraction of sp³-hybridized carbons (Fsp3) is 0.500. The van der Waals surface area contributed by atoms with E-state index in [2.05, 4.69) is 129 Å². The zero-order valence-electron chi connectivity index (χ0n) is 47.2. The minimum Gasteiger partial charge on any atom is -0.488 e. The summed E-state index contributed by atoms with van der Waals surface area (Å²) in [5, 5.41) is 11.4. The van der Waals surface area contributed by atoms with Crippen LogP contribution in [-0.4, -0.2) is 114 Å². The lowest BCUT2D eigenvalue weighted by molar-refractivity contribution is -0.134. The average Bonchev–Trinajstić information content (AvgIpc) is 4.10. The van der Waals surface area contributed by atoms with Gasteiger partial charge in [0.05, 0.1) is 50.2 Å². The molecule has 0 radical (unpaired) electrons. The van der Waals surface area contributed by atoms with E-state index in [4.69, 9.17) is 14.8 Å². The van der Waals surface area contributed by atoms with Crippen molar-refractivity contribution in [2.45, 2.75) is 140 Å². The number of aromatic amines is 2. The first-order valence-corrected chi connectivity index (χ1v) is 24.8. The topological polar surface area (TPSA) is 227 Å². The molecule has 0 saturated heterocycles. The van der Waals surface area contributed by atoms with E-state index in [9.17, 15) is 19.2 Å². The maximum Gasteiger partial charge on any atom is 0.406 e. The molecule has 408 valence electrons. The van der Waals surface area contributed by atoms with Gasteiger partial charge < -0.3 is 54.9 Å². The first-order chi connectivity index (χ1) is 35.3. The standard InChI is InChI=1S/C38H46N6O3.C3H7NO2.C2H5NO2.C2H6O.3C2H6.2C2H2.CH4O/c1-6-10-36(45)43(16-8-3)21-34-39-20-32(41-34)26-12-14-28-27(17-26)23-47-33-19-29-25(18-30(28)33)13-15-31-38(29)42-35(40-31)22-44(24(5)9-4)37(46)11-7-2;1-4-3(5)6-2;1-5-2(3)4;1-3-2;6*1-2/h12-15,17-20,24H,6-11,16,21-23H2,1-5H3,(H,39,41)(H,40,42);1-2H3,(H,4,5);1H3,(H2,3,4);1-2H3;3*1-2H3;2*1-2H;2H,1H3/t24-;;;;;;;;;/m0........./s1. The van der Waals surface area contributed by atoms with Crippen molar-refractivity contribution in [3.63, 3.8) is 0 Å². The normalized spacial score (nSPS) is 9.95. The molecular formula is C56H90N8O9. The summed E-state index contributed by atoms with van der Waals surface area (Å²) in [6, 6.07) is 15.1. The van der Waals surface area contributed by atoms with E-state index >= 15 is 0 Å². The number of amides is 4. The van der Waals surface area contributed by atoms with Crippen LogP contribution in [0.2, 0.25) is 0 Å². The van der Waals surface area contributed by atoms with Crippen molar-refractivity contribution in [3.8, 4) is 53.8 Å². The number of terminal acetylenes is 2. The molecule has 17 heteroatoms. The first-order valence-electron chi connectivity index (χ1n) is 24.8. The number of hydrogen-bond donors (Lipinski definition) is 5. The van der Waals surface area contributed by atoms with E-state index in [0.29, 0.717) is 32.5 Å². The molecule has 17 nitrogen and oxygen atoms in total. The van der Waals surface area contributed by atoms with Gasteiger partial charge in [-0.1, -0.05) is 87.4 Å². The number of nitrogens with zero attached hydrogens (tertiary/aromatic N) is 4. The number of aliphatic hydroxyl groups is 1. The maximum atomic E-state index is 12.9. The van der Waals surface area contributed by atoms with Crippen LogP contribution in [0.4, 0.5) is 9.59 Å². The van der Waals surface area contributed by atoms with Crippen LogP contribution in [0.25, 0.3) is 44.2 Å². The van der Waals surface area contributed by atoms with Gasteiger partial charge in [0, 0.05) is 64.8 Å². The Kier molecular flexibility index (Phi) is 44.5. The van der Waals surface area contributed by atoms with Gasteiger partial charge in [-0.15, -0.1) is 25.7 Å². The molecule has 4 amide bonds. The number of nitrogens with one attached hydrogen (secondary N) is 3. The smallest absolute Gasteiger partial charge is 0.406 e. The van der Waals surface area contributed by atoms with Crippen molar-refractivity contribution in [2.75, 3.05) is 49.1 Å². The third-order valence-electron chi connectivity index (χ3n) is 9.80. The first kappa shape index (κ1) is 72.5. The van der Waals surface area contributed by atoms with E-state index in [-0.39, 0.29) is 17.9 Å². The maximum absolute atomic E-state index is 12.9. The molecular weight excluding hydrogens is 929 g/mol. The Labute approximate surface area is 437 Å². The van der Waals surface area contributed by atoms with Crippen LogP contribution in [0, 0.1) is 25.7 Å². The number of imidazole rings is 2. The van der Waals surface area contributed by atoms with Crippen LogP contribution in [0.5, 0.6) is 5.75 Å². The van der Waals surface area contributed by atoms with E-state index in [0.717, 1.165) is 106 Å². The fourth-order valence-electron chi connectivity index (χ4n) is 6.62. The van der Waals surface area contributed by atoms with Crippen molar-refractivity contribution in [1.29, 1.82) is 0 Å². The highest BCUT2D eigenvalue weighted by molar-refractivity contribution is 6.07. The van der Waals surface area contributed by atoms with Crippen LogP contribution >= 0.6 is 0 Å². The number of H-pyrrole nitrogens is 2. The van der Waals surface area contributed by atoms with E-state index in [1.807, 2.05) is 71.4 Å². The Morgan fingerprint density at radius 2 is 1.37 bits per heavy atom. The number of nitrogens with two attached hydrogens (primary N) is 1. The Morgan fingerprint density at radius 3 is 1.86 bits per heavy atom. The molecule has 1 aliphatic heterocycles. The third-order valence-corrected chi connectivity index (χ3v) is 9.80. The summed E-state index contributed by atoms with van der Waals surface area (Å²) in [7, 11) is 8.30. The van der Waals surface area contributed by atoms with Gasteiger partial charge in [-0.05, 0) is 78.9 Å². The van der Waals surface area contributed by atoms with Gasteiger partial charge in [0.2, 0.25) is 11.8 Å². The minimum absolute atomic E-state index is 0.146. The Morgan fingerprint density at radius 1 is 0.795 bits per heavy atom. The molecule has 1 aliphatic rings.